The molecule has 3 amide bonds. The highest BCUT2D eigenvalue weighted by molar-refractivity contribution is 8.01. The van der Waals surface area contributed by atoms with Crippen LogP contribution in [0.25, 0.3) is 11.2 Å². The molecule has 0 aliphatic carbocycles. The number of benzene rings is 1. The number of para-hydroxylation sites is 1. The number of H-pyrrole nitrogens is 1. The van der Waals surface area contributed by atoms with Crippen molar-refractivity contribution in [1.82, 2.24) is 29.2 Å². The number of amides is 3. The number of pyridine rings is 1. The average Bonchev–Trinajstić information content (AvgIpc) is 3.57. The van der Waals surface area contributed by atoms with E-state index in [4.69, 9.17) is 4.74 Å². The van der Waals surface area contributed by atoms with Crippen molar-refractivity contribution >= 4 is 46.5 Å². The topological polar surface area (TPSA) is 124 Å². The lowest BCUT2D eigenvalue weighted by Crippen LogP contribution is -2.50. The summed E-state index contributed by atoms with van der Waals surface area (Å²) >= 11 is 1.42. The maximum absolute atomic E-state index is 15.8. The number of aromatic nitrogens is 3. The monoisotopic (exact) mass is 723 g/mol. The number of anilines is 1. The molecule has 276 valence electrons. The van der Waals surface area contributed by atoms with Gasteiger partial charge in [-0.1, -0.05) is 32.9 Å². The molecule has 5 heterocycles. The molecule has 3 aliphatic rings. The molecule has 2 atom stereocenters. The van der Waals surface area contributed by atoms with Crippen LogP contribution in [0.4, 0.5) is 14.9 Å². The molecule has 51 heavy (non-hydrogen) atoms. The Morgan fingerprint density at radius 1 is 0.961 bits per heavy atom. The lowest BCUT2D eigenvalue weighted by Gasteiger charge is -2.38. The van der Waals surface area contributed by atoms with E-state index in [1.54, 1.807) is 32.7 Å². The van der Waals surface area contributed by atoms with Crippen LogP contribution in [0, 0.1) is 11.2 Å². The summed E-state index contributed by atoms with van der Waals surface area (Å²) in [5.74, 6) is -0.587. The molecular formula is C37H50FN7O5S. The number of rotatable bonds is 7. The van der Waals surface area contributed by atoms with Crippen molar-refractivity contribution in [2.24, 2.45) is 5.41 Å². The highest BCUT2D eigenvalue weighted by Gasteiger charge is 2.44. The summed E-state index contributed by atoms with van der Waals surface area (Å²) in [6.07, 6.45) is 3.28. The van der Waals surface area contributed by atoms with Crippen LogP contribution in [0.15, 0.2) is 41.3 Å². The molecule has 0 radical (unpaired) electrons. The fraction of sp³-hybridized carbons (Fsp3) is 0.595. The van der Waals surface area contributed by atoms with Gasteiger partial charge in [-0.3, -0.25) is 19.1 Å². The number of nitrogens with zero attached hydrogens (tertiary/aromatic N) is 6. The molecule has 6 rings (SSSR count). The van der Waals surface area contributed by atoms with Crippen molar-refractivity contribution in [1.29, 1.82) is 0 Å². The molecule has 2 aromatic heterocycles. The summed E-state index contributed by atoms with van der Waals surface area (Å²) in [4.78, 5) is 67.6. The Morgan fingerprint density at radius 2 is 1.67 bits per heavy atom. The number of hydrogen-bond acceptors (Lipinski definition) is 8. The van der Waals surface area contributed by atoms with Gasteiger partial charge in [0.25, 0.3) is 0 Å². The molecule has 0 bridgehead atoms. The first-order valence-corrected chi connectivity index (χ1v) is 18.8. The number of fused-ring (bicyclic) bond motifs is 1. The first kappa shape index (κ1) is 36.7. The lowest BCUT2D eigenvalue weighted by atomic mass is 9.92. The average molecular weight is 724 g/mol. The number of carbonyl (C=O) groups excluding carboxylic acids is 3. The number of thioether (sulfide) groups is 1. The van der Waals surface area contributed by atoms with Gasteiger partial charge in [-0.2, -0.15) is 0 Å². The van der Waals surface area contributed by atoms with Crippen molar-refractivity contribution in [2.75, 3.05) is 50.7 Å². The number of aromatic amines is 1. The maximum Gasteiger partial charge on any atom is 0.410 e. The van der Waals surface area contributed by atoms with E-state index in [0.29, 0.717) is 75.6 Å². The largest absolute Gasteiger partial charge is 0.444 e. The summed E-state index contributed by atoms with van der Waals surface area (Å²) in [5, 5.41) is -1.08. The van der Waals surface area contributed by atoms with E-state index in [2.05, 4.69) is 30.7 Å². The molecule has 1 N–H and O–H groups in total. The molecule has 3 aromatic rings. The fourth-order valence-electron chi connectivity index (χ4n) is 7.13. The van der Waals surface area contributed by atoms with Gasteiger partial charge < -0.3 is 24.3 Å². The number of likely N-dealkylation sites (tertiary alicyclic amines) is 1. The summed E-state index contributed by atoms with van der Waals surface area (Å²) in [7, 11) is 0. The first-order chi connectivity index (χ1) is 24.1. The highest BCUT2D eigenvalue weighted by atomic mass is 32.2. The molecule has 3 saturated heterocycles. The standard InChI is InChI=1S/C37H50FN7O5S/c1-36(2,3)14-18-44-32(47)28(23-29(46)41-16-12-24(13-17-41)45-27-11-8-15-39-31(27)40-34(45)48)51-33(44)25-9-7-10-26(38)30(25)42-19-21-43(22-20-42)35(49)50-37(4,5)6/h7-11,15,24,28,33H,12-14,16-23H2,1-6H3,(H,39,40,48)/t28-,33?/m1/s1. The zero-order valence-electron chi connectivity index (χ0n) is 30.5. The fourth-order valence-corrected chi connectivity index (χ4v) is 8.63. The number of piperidine rings is 1. The summed E-state index contributed by atoms with van der Waals surface area (Å²) in [5.41, 5.74) is 1.58. The maximum atomic E-state index is 15.8. The number of ether oxygens (including phenoxy) is 1. The van der Waals surface area contributed by atoms with Crippen molar-refractivity contribution in [3.05, 3.63) is 58.4 Å². The molecule has 12 nitrogen and oxygen atoms in total. The Morgan fingerprint density at radius 3 is 2.33 bits per heavy atom. The Kier molecular flexibility index (Phi) is 10.4. The Hall–Kier alpha value is -4.07. The second-order valence-electron chi connectivity index (χ2n) is 15.9. The third-order valence-corrected chi connectivity index (χ3v) is 11.3. The van der Waals surface area contributed by atoms with E-state index in [9.17, 15) is 19.2 Å². The van der Waals surface area contributed by atoms with Gasteiger partial charge in [-0.25, -0.2) is 19.0 Å². The van der Waals surface area contributed by atoms with Crippen LogP contribution in [0.1, 0.15) is 84.2 Å². The van der Waals surface area contributed by atoms with Crippen molar-refractivity contribution in [2.45, 2.75) is 89.5 Å². The first-order valence-electron chi connectivity index (χ1n) is 17.9. The molecule has 3 fully saturated rings. The van der Waals surface area contributed by atoms with Crippen LogP contribution in [-0.2, 0) is 14.3 Å². The number of nitrogens with one attached hydrogen (secondary N) is 1. The predicted octanol–water partition coefficient (Wildman–Crippen LogP) is 5.55. The Bertz CT molecular complexity index is 1820. The van der Waals surface area contributed by atoms with Crippen LogP contribution >= 0.6 is 11.8 Å². The van der Waals surface area contributed by atoms with Gasteiger partial charge in [0.1, 0.15) is 16.8 Å². The van der Waals surface area contributed by atoms with Gasteiger partial charge >= 0.3 is 11.8 Å². The van der Waals surface area contributed by atoms with E-state index in [-0.39, 0.29) is 47.3 Å². The number of halogens is 1. The summed E-state index contributed by atoms with van der Waals surface area (Å²) < 4.78 is 23.1. The Balaban J connectivity index is 1.16. The van der Waals surface area contributed by atoms with Crippen molar-refractivity contribution < 1.29 is 23.5 Å². The van der Waals surface area contributed by atoms with Gasteiger partial charge in [0.05, 0.1) is 16.5 Å². The second kappa shape index (κ2) is 14.5. The molecule has 14 heteroatoms. The minimum atomic E-state index is -0.610. The normalized spacial score (nSPS) is 20.8. The van der Waals surface area contributed by atoms with Crippen LogP contribution in [0.2, 0.25) is 0 Å². The minimum absolute atomic E-state index is 0.0423. The van der Waals surface area contributed by atoms with Gasteiger partial charge in [0.15, 0.2) is 5.65 Å². The molecule has 0 spiro atoms. The van der Waals surface area contributed by atoms with Crippen molar-refractivity contribution in [3.63, 3.8) is 0 Å². The van der Waals surface area contributed by atoms with Gasteiger partial charge in [0.2, 0.25) is 11.8 Å². The van der Waals surface area contributed by atoms with Gasteiger partial charge in [0, 0.05) is 70.0 Å². The van der Waals surface area contributed by atoms with Crippen molar-refractivity contribution in [3.8, 4) is 0 Å². The van der Waals surface area contributed by atoms with Crippen LogP contribution < -0.4 is 10.6 Å². The third-order valence-electron chi connectivity index (χ3n) is 9.80. The van der Waals surface area contributed by atoms with E-state index in [1.807, 2.05) is 42.7 Å². The Labute approximate surface area is 302 Å². The molecule has 1 aromatic carbocycles. The van der Waals surface area contributed by atoms with Crippen LogP contribution in [0.5, 0.6) is 0 Å². The number of hydrogen-bond donors (Lipinski definition) is 1. The number of imidazole rings is 1. The summed E-state index contributed by atoms with van der Waals surface area (Å²) in [6, 6.07) is 8.61. The zero-order valence-corrected chi connectivity index (χ0v) is 31.3. The second-order valence-corrected chi connectivity index (χ2v) is 17.2. The molecule has 0 saturated carbocycles. The SMILES string of the molecule is CC(C)(C)CCN1C(=O)[C@@H](CC(=O)N2CCC(n3c(=O)[nH]c4ncccc43)CC2)SC1c1cccc(F)c1N1CCN(C(=O)OC(C)(C)C)CC1. The quantitative estimate of drug-likeness (QED) is 0.337. The highest BCUT2D eigenvalue weighted by Crippen LogP contribution is 2.48. The van der Waals surface area contributed by atoms with E-state index in [0.717, 1.165) is 11.9 Å². The summed E-state index contributed by atoms with van der Waals surface area (Å²) in [6.45, 7) is 14.9. The van der Waals surface area contributed by atoms with E-state index in [1.165, 1.54) is 17.8 Å². The molecular weight excluding hydrogens is 674 g/mol. The number of piperazine rings is 1. The smallest absolute Gasteiger partial charge is 0.410 e. The molecule has 1 unspecified atom stereocenters. The van der Waals surface area contributed by atoms with E-state index < -0.39 is 16.2 Å². The molecule has 3 aliphatic heterocycles. The predicted molar refractivity (Wildman–Crippen MR) is 196 cm³/mol. The number of carbonyl (C=O) groups is 3. The van der Waals surface area contributed by atoms with Gasteiger partial charge in [-0.05, 0) is 63.6 Å². The van der Waals surface area contributed by atoms with E-state index >= 15 is 4.39 Å². The van der Waals surface area contributed by atoms with Crippen LogP contribution in [-0.4, -0.2) is 104 Å². The lowest BCUT2D eigenvalue weighted by molar-refractivity contribution is -0.136. The third kappa shape index (κ3) is 8.21. The minimum Gasteiger partial charge on any atom is -0.444 e. The zero-order chi connectivity index (χ0) is 36.7. The van der Waals surface area contributed by atoms with Gasteiger partial charge in [-0.15, -0.1) is 11.8 Å². The van der Waals surface area contributed by atoms with Crippen LogP contribution in [0.3, 0.4) is 0 Å².